The van der Waals surface area contributed by atoms with E-state index in [2.05, 4.69) is 31.0 Å². The van der Waals surface area contributed by atoms with Gasteiger partial charge in [-0.05, 0) is 46.1 Å². The molecule has 0 saturated carbocycles. The number of rotatable bonds is 3. The molecule has 3 heterocycles. The molecule has 0 aliphatic carbocycles. The Morgan fingerprint density at radius 3 is 2.88 bits per heavy atom. The predicted molar refractivity (Wildman–Crippen MR) is 103 cm³/mol. The molecule has 26 heavy (non-hydrogen) atoms. The lowest BCUT2D eigenvalue weighted by molar-refractivity contribution is 0.513. The van der Waals surface area contributed by atoms with Gasteiger partial charge in [-0.1, -0.05) is 30.7 Å². The molecule has 0 spiro atoms. The molecule has 0 bridgehead atoms. The average Bonchev–Trinajstić information content (AvgIpc) is 3.03. The minimum absolute atomic E-state index is 0.156. The third-order valence-corrected chi connectivity index (χ3v) is 4.64. The van der Waals surface area contributed by atoms with Crippen molar-refractivity contribution in [2.45, 2.75) is 13.3 Å². The quantitative estimate of drug-likeness (QED) is 0.480. The molecule has 4 rings (SSSR count). The van der Waals surface area contributed by atoms with Gasteiger partial charge in [0, 0.05) is 12.3 Å². The second kappa shape index (κ2) is 6.66. The summed E-state index contributed by atoms with van der Waals surface area (Å²) in [6.07, 6.45) is 2.36. The van der Waals surface area contributed by atoms with Gasteiger partial charge in [0.25, 0.3) is 0 Å². The molecule has 0 fully saturated rings. The number of aromatic nitrogens is 4. The second-order valence-corrected chi connectivity index (χ2v) is 6.77. The van der Waals surface area contributed by atoms with Gasteiger partial charge >= 0.3 is 5.63 Å². The first-order chi connectivity index (χ1) is 12.6. The lowest BCUT2D eigenvalue weighted by Crippen LogP contribution is -2.08. The maximum atomic E-state index is 12.5. The number of para-hydroxylation sites is 1. The van der Waals surface area contributed by atoms with Crippen molar-refractivity contribution >= 4 is 38.4 Å². The van der Waals surface area contributed by atoms with Crippen molar-refractivity contribution in [3.63, 3.8) is 0 Å². The van der Waals surface area contributed by atoms with E-state index in [1.165, 1.54) is 4.68 Å². The van der Waals surface area contributed by atoms with Crippen LogP contribution in [0, 0.1) is 0 Å². The Bertz CT molecular complexity index is 1190. The highest BCUT2D eigenvalue weighted by Gasteiger charge is 2.19. The Labute approximate surface area is 161 Å². The molecule has 0 saturated heterocycles. The maximum Gasteiger partial charge on any atom is 0.347 e. The third-order valence-electron chi connectivity index (χ3n) is 3.96. The van der Waals surface area contributed by atoms with Crippen molar-refractivity contribution in [1.29, 1.82) is 0 Å². The Kier molecular flexibility index (Phi) is 4.34. The van der Waals surface area contributed by atoms with E-state index >= 15 is 0 Å². The normalized spacial score (nSPS) is 11.2. The Hall–Kier alpha value is -2.51. The van der Waals surface area contributed by atoms with E-state index < -0.39 is 5.63 Å². The molecule has 0 radical (unpaired) electrons. The minimum Gasteiger partial charge on any atom is -0.401 e. The molecule has 130 valence electrons. The van der Waals surface area contributed by atoms with Gasteiger partial charge in [0.1, 0.15) is 10.3 Å². The van der Waals surface area contributed by atoms with Crippen LogP contribution in [-0.2, 0) is 6.42 Å². The van der Waals surface area contributed by atoms with Crippen LogP contribution in [0.15, 0.2) is 56.4 Å². The van der Waals surface area contributed by atoms with Crippen molar-refractivity contribution < 1.29 is 4.42 Å². The second-order valence-electron chi connectivity index (χ2n) is 5.55. The third kappa shape index (κ3) is 2.83. The maximum absolute atomic E-state index is 12.5. The molecule has 0 unspecified atom stereocenters. The molecule has 0 aliphatic heterocycles. The first-order valence-electron chi connectivity index (χ1n) is 7.88. The summed E-state index contributed by atoms with van der Waals surface area (Å²) in [6, 6.07) is 10.6. The zero-order valence-corrected chi connectivity index (χ0v) is 16.0. The average molecular weight is 432 g/mol. The number of aryl methyl sites for hydroxylation is 1. The topological polar surface area (TPSA) is 73.8 Å². The van der Waals surface area contributed by atoms with Crippen molar-refractivity contribution in [3.8, 4) is 17.4 Å². The Balaban J connectivity index is 2.00. The molecule has 3 aromatic heterocycles. The molecule has 1 aromatic carbocycles. The molecular formula is C18H12BrClN4O2. The highest BCUT2D eigenvalue weighted by atomic mass is 79.9. The molecule has 0 aliphatic rings. The predicted octanol–water partition coefficient (Wildman–Crippen LogP) is 4.41. The van der Waals surface area contributed by atoms with Gasteiger partial charge in [0.15, 0.2) is 5.82 Å². The zero-order valence-electron chi connectivity index (χ0n) is 13.6. The smallest absolute Gasteiger partial charge is 0.347 e. The largest absolute Gasteiger partial charge is 0.401 e. The monoisotopic (exact) mass is 430 g/mol. The molecule has 0 atom stereocenters. The van der Waals surface area contributed by atoms with E-state index in [0.29, 0.717) is 32.0 Å². The molecule has 8 heteroatoms. The van der Waals surface area contributed by atoms with Gasteiger partial charge in [-0.25, -0.2) is 19.4 Å². The summed E-state index contributed by atoms with van der Waals surface area (Å²) in [6.45, 7) is 2.01. The van der Waals surface area contributed by atoms with Gasteiger partial charge in [0.2, 0.25) is 5.89 Å². The summed E-state index contributed by atoms with van der Waals surface area (Å²) in [4.78, 5) is 21.3. The lowest BCUT2D eigenvalue weighted by atomic mass is 10.1. The van der Waals surface area contributed by atoms with Crippen molar-refractivity contribution in [2.75, 3.05) is 0 Å². The van der Waals surface area contributed by atoms with Gasteiger partial charge in [-0.15, -0.1) is 0 Å². The van der Waals surface area contributed by atoms with E-state index in [1.807, 2.05) is 19.1 Å². The van der Waals surface area contributed by atoms with E-state index in [1.54, 1.807) is 30.5 Å². The first-order valence-corrected chi connectivity index (χ1v) is 9.05. The number of hydrogen-bond donors (Lipinski definition) is 0. The van der Waals surface area contributed by atoms with E-state index in [4.69, 9.17) is 16.0 Å². The summed E-state index contributed by atoms with van der Waals surface area (Å²) in [5.41, 5.74) is 1.62. The Morgan fingerprint density at radius 1 is 1.27 bits per heavy atom. The van der Waals surface area contributed by atoms with E-state index in [0.717, 1.165) is 12.0 Å². The van der Waals surface area contributed by atoms with Gasteiger partial charge < -0.3 is 4.42 Å². The van der Waals surface area contributed by atoms with Gasteiger partial charge in [-0.3, -0.25) is 0 Å². The minimum atomic E-state index is -0.448. The number of fused-ring (bicyclic) bond motifs is 1. The summed E-state index contributed by atoms with van der Waals surface area (Å²) < 4.78 is 7.51. The van der Waals surface area contributed by atoms with Crippen LogP contribution in [-0.4, -0.2) is 19.7 Å². The highest BCUT2D eigenvalue weighted by Crippen LogP contribution is 2.28. The van der Waals surface area contributed by atoms with Crippen LogP contribution >= 0.6 is 27.5 Å². The van der Waals surface area contributed by atoms with Crippen LogP contribution in [0.4, 0.5) is 0 Å². The summed E-state index contributed by atoms with van der Waals surface area (Å²) in [5, 5.41) is 5.23. The summed E-state index contributed by atoms with van der Waals surface area (Å²) >= 11 is 9.60. The van der Waals surface area contributed by atoms with E-state index in [-0.39, 0.29) is 5.89 Å². The highest BCUT2D eigenvalue weighted by molar-refractivity contribution is 9.10. The van der Waals surface area contributed by atoms with Crippen molar-refractivity contribution in [2.24, 2.45) is 0 Å². The number of nitrogens with zero attached hydrogens (tertiary/aromatic N) is 4. The fourth-order valence-electron chi connectivity index (χ4n) is 2.75. The number of hydrogen-bond acceptors (Lipinski definition) is 5. The SMILES string of the molecule is CCc1cccc2c(=O)oc(-c3cc(Br)nn3-c3ncccc3Cl)nc12. The molecule has 4 aromatic rings. The van der Waals surface area contributed by atoms with Crippen LogP contribution in [0.3, 0.4) is 0 Å². The number of halogens is 2. The van der Waals surface area contributed by atoms with Crippen LogP contribution in [0.1, 0.15) is 12.5 Å². The summed E-state index contributed by atoms with van der Waals surface area (Å²) in [7, 11) is 0. The first kappa shape index (κ1) is 16.9. The van der Waals surface area contributed by atoms with E-state index in [9.17, 15) is 4.79 Å². The number of benzene rings is 1. The van der Waals surface area contributed by atoms with Crippen LogP contribution in [0.2, 0.25) is 5.02 Å². The van der Waals surface area contributed by atoms with Crippen LogP contribution in [0.5, 0.6) is 0 Å². The van der Waals surface area contributed by atoms with Gasteiger partial charge in [-0.2, -0.15) is 5.10 Å². The van der Waals surface area contributed by atoms with Crippen LogP contribution < -0.4 is 5.63 Å². The number of pyridine rings is 1. The fourth-order valence-corrected chi connectivity index (χ4v) is 3.33. The fraction of sp³-hybridized carbons (Fsp3) is 0.111. The molecule has 0 amide bonds. The van der Waals surface area contributed by atoms with Crippen LogP contribution in [0.25, 0.3) is 28.3 Å². The lowest BCUT2D eigenvalue weighted by Gasteiger charge is -2.08. The Morgan fingerprint density at radius 2 is 2.12 bits per heavy atom. The summed E-state index contributed by atoms with van der Waals surface area (Å²) in [5.74, 6) is 0.575. The molecule has 6 nitrogen and oxygen atoms in total. The standard InChI is InChI=1S/C18H12BrClN4O2/c1-2-10-5-3-6-11-15(10)22-17(26-18(11)25)13-9-14(19)23-24(13)16-12(20)7-4-8-21-16/h3-9H,2H2,1H3. The molecular weight excluding hydrogens is 420 g/mol. The van der Waals surface area contributed by atoms with Crippen molar-refractivity contribution in [1.82, 2.24) is 19.7 Å². The van der Waals surface area contributed by atoms with Crippen molar-refractivity contribution in [3.05, 3.63) is 68.2 Å². The van der Waals surface area contributed by atoms with Gasteiger partial charge in [0.05, 0.1) is 15.9 Å². The zero-order chi connectivity index (χ0) is 18.3. The molecule has 0 N–H and O–H groups in total.